The van der Waals surface area contributed by atoms with Crippen LogP contribution >= 0.6 is 39.1 Å². The first-order valence-electron chi connectivity index (χ1n) is 6.61. The second kappa shape index (κ2) is 7.61. The van der Waals surface area contributed by atoms with Gasteiger partial charge >= 0.3 is 0 Å². The molecule has 21 heavy (non-hydrogen) atoms. The Balaban J connectivity index is 2.20. The quantitative estimate of drug-likeness (QED) is 0.791. The molecule has 0 aliphatic carbocycles. The fourth-order valence-corrected chi connectivity index (χ4v) is 3.05. The molecular formula is C16H17BrCl2N2. The Bertz CT molecular complexity index is 602. The van der Waals surface area contributed by atoms with Crippen LogP contribution in [0.1, 0.15) is 17.2 Å². The average Bonchev–Trinajstić information content (AvgIpc) is 2.46. The molecule has 2 nitrogen and oxygen atoms in total. The molecule has 0 aliphatic heterocycles. The van der Waals surface area contributed by atoms with Crippen LogP contribution < -0.4 is 5.73 Å². The lowest BCUT2D eigenvalue weighted by Gasteiger charge is -2.28. The highest BCUT2D eigenvalue weighted by Gasteiger charge is 2.18. The van der Waals surface area contributed by atoms with Crippen LogP contribution in [-0.4, -0.2) is 18.5 Å². The normalized spacial score (nSPS) is 12.7. The fraction of sp³-hybridized carbons (Fsp3) is 0.250. The van der Waals surface area contributed by atoms with E-state index in [4.69, 9.17) is 28.9 Å². The van der Waals surface area contributed by atoms with E-state index in [0.29, 0.717) is 6.54 Å². The number of hydrogen-bond acceptors (Lipinski definition) is 2. The van der Waals surface area contributed by atoms with E-state index in [-0.39, 0.29) is 6.04 Å². The molecule has 5 heteroatoms. The van der Waals surface area contributed by atoms with Crippen LogP contribution in [0.25, 0.3) is 0 Å². The maximum absolute atomic E-state index is 6.32. The standard InChI is InChI=1S/C16H17BrCl2N2/c1-21(10-11-2-5-13(18)6-3-11)16(9-20)14-8-12(17)4-7-15(14)19/h2-8,16H,9-10,20H2,1H3. The van der Waals surface area contributed by atoms with E-state index >= 15 is 0 Å². The number of nitrogens with two attached hydrogens (primary N) is 1. The first-order chi connectivity index (χ1) is 10.0. The van der Waals surface area contributed by atoms with Crippen molar-refractivity contribution in [2.75, 3.05) is 13.6 Å². The number of rotatable bonds is 5. The average molecular weight is 388 g/mol. The van der Waals surface area contributed by atoms with Gasteiger partial charge in [0, 0.05) is 33.6 Å². The van der Waals surface area contributed by atoms with E-state index < -0.39 is 0 Å². The Labute approximate surface area is 144 Å². The van der Waals surface area contributed by atoms with Crippen LogP contribution in [-0.2, 0) is 6.54 Å². The van der Waals surface area contributed by atoms with Crippen molar-refractivity contribution in [3.63, 3.8) is 0 Å². The number of halogens is 3. The van der Waals surface area contributed by atoms with Crippen molar-refractivity contribution in [1.82, 2.24) is 4.90 Å². The van der Waals surface area contributed by atoms with Gasteiger partial charge in [-0.3, -0.25) is 4.90 Å². The lowest BCUT2D eigenvalue weighted by atomic mass is 10.0. The van der Waals surface area contributed by atoms with Crippen LogP contribution in [0.5, 0.6) is 0 Å². The van der Waals surface area contributed by atoms with Gasteiger partial charge in [-0.25, -0.2) is 0 Å². The molecule has 0 saturated heterocycles. The molecule has 2 aromatic rings. The van der Waals surface area contributed by atoms with E-state index in [1.165, 1.54) is 5.56 Å². The van der Waals surface area contributed by atoms with Crippen molar-refractivity contribution >= 4 is 39.1 Å². The summed E-state index contributed by atoms with van der Waals surface area (Å²) >= 11 is 15.7. The fourth-order valence-electron chi connectivity index (χ4n) is 2.30. The Morgan fingerprint density at radius 3 is 2.43 bits per heavy atom. The minimum Gasteiger partial charge on any atom is -0.329 e. The molecule has 0 fully saturated rings. The van der Waals surface area contributed by atoms with Crippen LogP contribution in [0.2, 0.25) is 10.0 Å². The summed E-state index contributed by atoms with van der Waals surface area (Å²) in [7, 11) is 2.05. The van der Waals surface area contributed by atoms with E-state index in [1.807, 2.05) is 49.5 Å². The Morgan fingerprint density at radius 2 is 1.81 bits per heavy atom. The molecule has 2 rings (SSSR count). The van der Waals surface area contributed by atoms with Crippen LogP contribution in [0.4, 0.5) is 0 Å². The highest BCUT2D eigenvalue weighted by Crippen LogP contribution is 2.30. The minimum atomic E-state index is 0.0608. The second-order valence-electron chi connectivity index (χ2n) is 4.96. The highest BCUT2D eigenvalue weighted by molar-refractivity contribution is 9.10. The zero-order chi connectivity index (χ0) is 15.4. The summed E-state index contributed by atoms with van der Waals surface area (Å²) in [5.74, 6) is 0. The van der Waals surface area contributed by atoms with Gasteiger partial charge in [-0.1, -0.05) is 51.3 Å². The molecule has 0 heterocycles. The van der Waals surface area contributed by atoms with Gasteiger partial charge in [0.1, 0.15) is 0 Å². The molecule has 2 N–H and O–H groups in total. The Kier molecular flexibility index (Phi) is 6.08. The summed E-state index contributed by atoms with van der Waals surface area (Å²) in [6.45, 7) is 1.28. The predicted octanol–water partition coefficient (Wildman–Crippen LogP) is 4.89. The SMILES string of the molecule is CN(Cc1ccc(Cl)cc1)C(CN)c1cc(Br)ccc1Cl. The van der Waals surface area contributed by atoms with Crippen LogP contribution in [0.15, 0.2) is 46.9 Å². The Hall–Kier alpha value is -0.580. The van der Waals surface area contributed by atoms with Gasteiger partial charge in [-0.15, -0.1) is 0 Å². The van der Waals surface area contributed by atoms with Gasteiger partial charge in [0.25, 0.3) is 0 Å². The largest absolute Gasteiger partial charge is 0.329 e. The summed E-state index contributed by atoms with van der Waals surface area (Å²) in [6.07, 6.45) is 0. The first-order valence-corrected chi connectivity index (χ1v) is 8.16. The molecule has 112 valence electrons. The van der Waals surface area contributed by atoms with Gasteiger partial charge < -0.3 is 5.73 Å². The molecular weight excluding hydrogens is 371 g/mol. The topological polar surface area (TPSA) is 29.3 Å². The molecule has 2 aromatic carbocycles. The van der Waals surface area contributed by atoms with Gasteiger partial charge in [0.05, 0.1) is 0 Å². The van der Waals surface area contributed by atoms with E-state index in [2.05, 4.69) is 20.8 Å². The van der Waals surface area contributed by atoms with Crippen molar-refractivity contribution < 1.29 is 0 Å². The lowest BCUT2D eigenvalue weighted by molar-refractivity contribution is 0.242. The van der Waals surface area contributed by atoms with Crippen molar-refractivity contribution in [2.24, 2.45) is 5.73 Å². The maximum Gasteiger partial charge on any atom is 0.0486 e. The van der Waals surface area contributed by atoms with E-state index in [1.54, 1.807) is 0 Å². The number of likely N-dealkylation sites (N-methyl/N-ethyl adjacent to an activating group) is 1. The van der Waals surface area contributed by atoms with E-state index in [0.717, 1.165) is 26.6 Å². The zero-order valence-electron chi connectivity index (χ0n) is 11.7. The molecule has 0 radical (unpaired) electrons. The smallest absolute Gasteiger partial charge is 0.0486 e. The molecule has 0 aliphatic rings. The summed E-state index contributed by atoms with van der Waals surface area (Å²) in [5, 5.41) is 1.48. The monoisotopic (exact) mass is 386 g/mol. The summed E-state index contributed by atoms with van der Waals surface area (Å²) < 4.78 is 1.00. The molecule has 0 saturated carbocycles. The summed E-state index contributed by atoms with van der Waals surface area (Å²) in [4.78, 5) is 2.19. The second-order valence-corrected chi connectivity index (χ2v) is 6.72. The maximum atomic E-state index is 6.32. The third-order valence-electron chi connectivity index (χ3n) is 3.42. The van der Waals surface area contributed by atoms with Gasteiger partial charge in [-0.05, 0) is 48.5 Å². The summed E-state index contributed by atoms with van der Waals surface area (Å²) in [6, 6.07) is 13.7. The molecule has 0 spiro atoms. The molecule has 0 bridgehead atoms. The lowest BCUT2D eigenvalue weighted by Crippen LogP contribution is -2.30. The molecule has 0 amide bonds. The van der Waals surface area contributed by atoms with Crippen molar-refractivity contribution in [3.8, 4) is 0 Å². The van der Waals surface area contributed by atoms with Crippen LogP contribution in [0, 0.1) is 0 Å². The van der Waals surface area contributed by atoms with Gasteiger partial charge in [-0.2, -0.15) is 0 Å². The Morgan fingerprint density at radius 1 is 1.14 bits per heavy atom. The predicted molar refractivity (Wildman–Crippen MR) is 93.9 cm³/mol. The van der Waals surface area contributed by atoms with Crippen molar-refractivity contribution in [1.29, 1.82) is 0 Å². The van der Waals surface area contributed by atoms with E-state index in [9.17, 15) is 0 Å². The van der Waals surface area contributed by atoms with Crippen LogP contribution in [0.3, 0.4) is 0 Å². The van der Waals surface area contributed by atoms with Gasteiger partial charge in [0.2, 0.25) is 0 Å². The molecule has 0 aromatic heterocycles. The molecule has 1 unspecified atom stereocenters. The number of benzene rings is 2. The van der Waals surface area contributed by atoms with Gasteiger partial charge in [0.15, 0.2) is 0 Å². The number of nitrogens with zero attached hydrogens (tertiary/aromatic N) is 1. The first kappa shape index (κ1) is 16.8. The highest BCUT2D eigenvalue weighted by atomic mass is 79.9. The molecule has 1 atom stereocenters. The summed E-state index contributed by atoms with van der Waals surface area (Å²) in [5.41, 5.74) is 8.18. The van der Waals surface area contributed by atoms with Crippen molar-refractivity contribution in [3.05, 3.63) is 68.1 Å². The minimum absolute atomic E-state index is 0.0608. The number of hydrogen-bond donors (Lipinski definition) is 1. The zero-order valence-corrected chi connectivity index (χ0v) is 14.8. The third-order valence-corrected chi connectivity index (χ3v) is 4.51. The third kappa shape index (κ3) is 4.44. The van der Waals surface area contributed by atoms with Crippen molar-refractivity contribution in [2.45, 2.75) is 12.6 Å².